The maximum atomic E-state index is 12.7. The van der Waals surface area contributed by atoms with E-state index in [1.807, 2.05) is 73.7 Å². The highest BCUT2D eigenvalue weighted by Crippen LogP contribution is 2.12. The number of carbonyl (C=O) groups is 1. The van der Waals surface area contributed by atoms with Gasteiger partial charge in [0.2, 0.25) is 0 Å². The maximum absolute atomic E-state index is 12.7. The number of hydrogen-bond acceptors (Lipinski definition) is 4. The molecule has 4 rings (SSSR count). The fourth-order valence-corrected chi connectivity index (χ4v) is 3.25. The Balaban J connectivity index is 1.60. The van der Waals surface area contributed by atoms with Crippen LogP contribution in [0.25, 0.3) is 10.9 Å². The first-order valence-corrected chi connectivity index (χ1v) is 9.55. The summed E-state index contributed by atoms with van der Waals surface area (Å²) in [5.74, 6) is -0.407. The predicted molar refractivity (Wildman–Crippen MR) is 117 cm³/mol. The number of nitrogens with zero attached hydrogens (tertiary/aromatic N) is 3. The first kappa shape index (κ1) is 19.3. The molecule has 0 saturated heterocycles. The summed E-state index contributed by atoms with van der Waals surface area (Å²) in [6.07, 6.45) is 1.40. The number of nitrogens with one attached hydrogen (secondary N) is 1. The number of rotatable bonds is 5. The quantitative estimate of drug-likeness (QED) is 0.415. The van der Waals surface area contributed by atoms with Crippen molar-refractivity contribution in [3.63, 3.8) is 0 Å². The number of amides is 1. The average Bonchev–Trinajstić information content (AvgIpc) is 2.78. The Bertz CT molecular complexity index is 1240. The van der Waals surface area contributed by atoms with Crippen LogP contribution in [0.15, 0.2) is 95.1 Å². The SMILES string of the molecule is Cc1cccc2c(=O)n(CC(=O)NN=C(c3ccccc3)c3ccccc3)cnc12. The van der Waals surface area contributed by atoms with Crippen LogP contribution in [0.3, 0.4) is 0 Å². The topological polar surface area (TPSA) is 76.3 Å². The Morgan fingerprint density at radius 3 is 2.20 bits per heavy atom. The first-order chi connectivity index (χ1) is 14.6. The van der Waals surface area contributed by atoms with Gasteiger partial charge in [0, 0.05) is 11.1 Å². The van der Waals surface area contributed by atoms with Crippen molar-refractivity contribution >= 4 is 22.5 Å². The second kappa shape index (κ2) is 8.53. The summed E-state index contributed by atoms with van der Waals surface area (Å²) >= 11 is 0. The van der Waals surface area contributed by atoms with Crippen molar-refractivity contribution in [1.29, 1.82) is 0 Å². The summed E-state index contributed by atoms with van der Waals surface area (Å²) in [6, 6.07) is 24.6. The van der Waals surface area contributed by atoms with E-state index in [-0.39, 0.29) is 12.1 Å². The number of aryl methyl sites for hydroxylation is 1. The van der Waals surface area contributed by atoms with E-state index in [9.17, 15) is 9.59 Å². The lowest BCUT2D eigenvalue weighted by Gasteiger charge is -2.09. The molecular weight excluding hydrogens is 376 g/mol. The molecule has 148 valence electrons. The molecule has 30 heavy (non-hydrogen) atoms. The van der Waals surface area contributed by atoms with Gasteiger partial charge in [0.25, 0.3) is 11.5 Å². The Labute approximate surface area is 173 Å². The first-order valence-electron chi connectivity index (χ1n) is 9.55. The molecule has 1 amide bonds. The zero-order chi connectivity index (χ0) is 20.9. The summed E-state index contributed by atoms with van der Waals surface area (Å²) in [4.78, 5) is 29.6. The molecule has 0 unspecified atom stereocenters. The Morgan fingerprint density at radius 2 is 1.57 bits per heavy atom. The van der Waals surface area contributed by atoms with Gasteiger partial charge in [0.1, 0.15) is 6.54 Å². The third-order valence-electron chi connectivity index (χ3n) is 4.76. The number of para-hydroxylation sites is 1. The number of aromatic nitrogens is 2. The molecule has 1 N–H and O–H groups in total. The number of fused-ring (bicyclic) bond motifs is 1. The number of hydrazone groups is 1. The van der Waals surface area contributed by atoms with Crippen molar-refractivity contribution in [2.75, 3.05) is 0 Å². The zero-order valence-electron chi connectivity index (χ0n) is 16.4. The largest absolute Gasteiger partial charge is 0.289 e. The van der Waals surface area contributed by atoms with Gasteiger partial charge in [-0.05, 0) is 18.6 Å². The molecule has 6 heteroatoms. The van der Waals surface area contributed by atoms with Gasteiger partial charge in [0.15, 0.2) is 0 Å². The standard InChI is InChI=1S/C24H20N4O2/c1-17-9-8-14-20-22(17)25-16-28(24(20)30)15-21(29)26-27-23(18-10-4-2-5-11-18)19-12-6-3-7-13-19/h2-14,16H,15H2,1H3,(H,26,29). The molecular formula is C24H20N4O2. The molecule has 1 heterocycles. The summed E-state index contributed by atoms with van der Waals surface area (Å²) < 4.78 is 1.29. The summed E-state index contributed by atoms with van der Waals surface area (Å²) in [5, 5.41) is 4.84. The second-order valence-corrected chi connectivity index (χ2v) is 6.88. The second-order valence-electron chi connectivity index (χ2n) is 6.88. The highest BCUT2D eigenvalue weighted by molar-refractivity contribution is 6.13. The van der Waals surface area contributed by atoms with Gasteiger partial charge in [-0.1, -0.05) is 72.8 Å². The van der Waals surface area contributed by atoms with Crippen LogP contribution in [-0.4, -0.2) is 21.2 Å². The van der Waals surface area contributed by atoms with E-state index in [2.05, 4.69) is 15.5 Å². The van der Waals surface area contributed by atoms with Crippen molar-refractivity contribution in [1.82, 2.24) is 15.0 Å². The van der Waals surface area contributed by atoms with Crippen LogP contribution < -0.4 is 11.0 Å². The smallest absolute Gasteiger partial charge is 0.261 e. The molecule has 0 saturated carbocycles. The number of benzene rings is 3. The lowest BCUT2D eigenvalue weighted by molar-refractivity contribution is -0.121. The molecule has 1 aromatic heterocycles. The summed E-state index contributed by atoms with van der Waals surface area (Å²) in [6.45, 7) is 1.73. The minimum absolute atomic E-state index is 0.171. The lowest BCUT2D eigenvalue weighted by atomic mass is 10.0. The molecule has 0 aliphatic heterocycles. The Hall–Kier alpha value is -4.06. The fraction of sp³-hybridized carbons (Fsp3) is 0.0833. The van der Waals surface area contributed by atoms with E-state index in [4.69, 9.17) is 0 Å². The van der Waals surface area contributed by atoms with Crippen LogP contribution in [-0.2, 0) is 11.3 Å². The number of carbonyl (C=O) groups excluding carboxylic acids is 1. The van der Waals surface area contributed by atoms with Crippen LogP contribution in [0.1, 0.15) is 16.7 Å². The number of hydrogen-bond donors (Lipinski definition) is 1. The van der Waals surface area contributed by atoms with Crippen LogP contribution in [0.5, 0.6) is 0 Å². The van der Waals surface area contributed by atoms with E-state index >= 15 is 0 Å². The maximum Gasteiger partial charge on any atom is 0.261 e. The van der Waals surface area contributed by atoms with Crippen LogP contribution >= 0.6 is 0 Å². The predicted octanol–water partition coefficient (Wildman–Crippen LogP) is 3.27. The minimum atomic E-state index is -0.407. The van der Waals surface area contributed by atoms with Crippen molar-refractivity contribution in [2.24, 2.45) is 5.10 Å². The van der Waals surface area contributed by atoms with E-state index in [0.29, 0.717) is 16.6 Å². The monoisotopic (exact) mass is 396 g/mol. The van der Waals surface area contributed by atoms with Crippen molar-refractivity contribution in [3.05, 3.63) is 112 Å². The molecule has 0 atom stereocenters. The highest BCUT2D eigenvalue weighted by atomic mass is 16.2. The van der Waals surface area contributed by atoms with Gasteiger partial charge in [-0.2, -0.15) is 5.10 Å². The minimum Gasteiger partial charge on any atom is -0.289 e. The molecule has 3 aromatic carbocycles. The van der Waals surface area contributed by atoms with Gasteiger partial charge >= 0.3 is 0 Å². The molecule has 0 radical (unpaired) electrons. The van der Waals surface area contributed by atoms with Crippen molar-refractivity contribution in [2.45, 2.75) is 13.5 Å². The van der Waals surface area contributed by atoms with Gasteiger partial charge < -0.3 is 0 Å². The summed E-state index contributed by atoms with van der Waals surface area (Å²) in [5.41, 5.74) is 6.28. The van der Waals surface area contributed by atoms with Crippen molar-refractivity contribution < 1.29 is 4.79 Å². The molecule has 0 aliphatic carbocycles. The third-order valence-corrected chi connectivity index (χ3v) is 4.76. The van der Waals surface area contributed by atoms with E-state index in [1.165, 1.54) is 10.9 Å². The lowest BCUT2D eigenvalue weighted by Crippen LogP contribution is -2.30. The third kappa shape index (κ3) is 4.03. The van der Waals surface area contributed by atoms with E-state index in [0.717, 1.165) is 16.7 Å². The van der Waals surface area contributed by atoms with Crippen LogP contribution in [0, 0.1) is 6.92 Å². The van der Waals surface area contributed by atoms with Gasteiger partial charge in [-0.15, -0.1) is 0 Å². The summed E-state index contributed by atoms with van der Waals surface area (Å²) in [7, 11) is 0. The Morgan fingerprint density at radius 1 is 0.933 bits per heavy atom. The molecule has 6 nitrogen and oxygen atoms in total. The van der Waals surface area contributed by atoms with Crippen molar-refractivity contribution in [3.8, 4) is 0 Å². The molecule has 0 spiro atoms. The van der Waals surface area contributed by atoms with Gasteiger partial charge in [0.05, 0.1) is 22.9 Å². The normalized spacial score (nSPS) is 10.6. The average molecular weight is 396 g/mol. The highest BCUT2D eigenvalue weighted by Gasteiger charge is 2.11. The van der Waals surface area contributed by atoms with Crippen LogP contribution in [0.4, 0.5) is 0 Å². The molecule has 0 fully saturated rings. The van der Waals surface area contributed by atoms with Crippen LogP contribution in [0.2, 0.25) is 0 Å². The van der Waals surface area contributed by atoms with Gasteiger partial charge in [-0.3, -0.25) is 14.2 Å². The van der Waals surface area contributed by atoms with E-state index in [1.54, 1.807) is 12.1 Å². The van der Waals surface area contributed by atoms with E-state index < -0.39 is 5.91 Å². The van der Waals surface area contributed by atoms with Gasteiger partial charge in [-0.25, -0.2) is 10.4 Å². The fourth-order valence-electron chi connectivity index (χ4n) is 3.25. The zero-order valence-corrected chi connectivity index (χ0v) is 16.4. The molecule has 4 aromatic rings. The molecule has 0 aliphatic rings. The molecule has 0 bridgehead atoms. The Kier molecular flexibility index (Phi) is 5.48.